The Hall–Kier alpha value is -2.52. The zero-order valence-electron chi connectivity index (χ0n) is 13.4. The number of benzene rings is 2. The predicted octanol–water partition coefficient (Wildman–Crippen LogP) is 4.79. The van der Waals surface area contributed by atoms with Crippen molar-refractivity contribution >= 4 is 12.2 Å². The molecule has 1 atom stereocenters. The van der Waals surface area contributed by atoms with Crippen molar-refractivity contribution in [2.24, 2.45) is 0 Å². The van der Waals surface area contributed by atoms with E-state index < -0.39 is 0 Å². The molecule has 0 aliphatic carbocycles. The molecular weight excluding hydrogens is 288 g/mol. The molecular formula is C20H22O3. The molecule has 0 aromatic heterocycles. The zero-order chi connectivity index (χ0) is 16.5. The lowest BCUT2D eigenvalue weighted by Crippen LogP contribution is -2.19. The Morgan fingerprint density at radius 2 is 1.35 bits per heavy atom. The highest BCUT2D eigenvalue weighted by Crippen LogP contribution is 2.15. The molecule has 1 unspecified atom stereocenters. The first-order chi connectivity index (χ1) is 11.2. The molecule has 0 N–H and O–H groups in total. The molecule has 0 fully saturated rings. The smallest absolute Gasteiger partial charge is 0.197 e. The third-order valence-electron chi connectivity index (χ3n) is 3.24. The van der Waals surface area contributed by atoms with Crippen LogP contribution in [0.4, 0.5) is 0 Å². The van der Waals surface area contributed by atoms with Crippen LogP contribution in [0.15, 0.2) is 61.7 Å². The van der Waals surface area contributed by atoms with Crippen molar-refractivity contribution in [2.75, 3.05) is 13.2 Å². The highest BCUT2D eigenvalue weighted by atomic mass is 16.7. The third kappa shape index (κ3) is 5.64. The van der Waals surface area contributed by atoms with E-state index in [4.69, 9.17) is 14.2 Å². The Kier molecular flexibility index (Phi) is 6.45. The number of ether oxygens (including phenoxy) is 3. The summed E-state index contributed by atoms with van der Waals surface area (Å²) in [5.74, 6) is 1.58. The average molecular weight is 310 g/mol. The minimum absolute atomic E-state index is 0.337. The molecule has 0 saturated heterocycles. The molecule has 0 aliphatic rings. The number of rotatable bonds is 9. The minimum Gasteiger partial charge on any atom is -0.491 e. The number of hydrogen-bond donors (Lipinski definition) is 0. The van der Waals surface area contributed by atoms with Gasteiger partial charge in [0.1, 0.15) is 18.1 Å². The van der Waals surface area contributed by atoms with Gasteiger partial charge in [0, 0.05) is 0 Å². The van der Waals surface area contributed by atoms with E-state index in [1.807, 2.05) is 55.5 Å². The summed E-state index contributed by atoms with van der Waals surface area (Å²) in [7, 11) is 0. The highest BCUT2D eigenvalue weighted by Gasteiger charge is 2.04. The van der Waals surface area contributed by atoms with Crippen LogP contribution in [0, 0.1) is 0 Å². The molecule has 2 aromatic carbocycles. The Morgan fingerprint density at radius 1 is 0.826 bits per heavy atom. The van der Waals surface area contributed by atoms with Gasteiger partial charge in [0.15, 0.2) is 6.29 Å². The van der Waals surface area contributed by atoms with Gasteiger partial charge in [-0.25, -0.2) is 0 Å². The van der Waals surface area contributed by atoms with E-state index >= 15 is 0 Å². The number of hydrogen-bond acceptors (Lipinski definition) is 3. The van der Waals surface area contributed by atoms with Crippen LogP contribution in [0.2, 0.25) is 0 Å². The van der Waals surface area contributed by atoms with Gasteiger partial charge in [0.2, 0.25) is 0 Å². The first kappa shape index (κ1) is 16.8. The topological polar surface area (TPSA) is 27.7 Å². The van der Waals surface area contributed by atoms with Gasteiger partial charge in [0.05, 0.1) is 6.61 Å². The third-order valence-corrected chi connectivity index (χ3v) is 3.24. The highest BCUT2D eigenvalue weighted by molar-refractivity contribution is 5.48. The molecule has 0 aliphatic heterocycles. The van der Waals surface area contributed by atoms with Crippen molar-refractivity contribution in [3.05, 3.63) is 72.8 Å². The fraction of sp³-hybridized carbons (Fsp3) is 0.200. The average Bonchev–Trinajstić information content (AvgIpc) is 2.60. The van der Waals surface area contributed by atoms with Crippen LogP contribution < -0.4 is 9.47 Å². The minimum atomic E-state index is -0.337. The fourth-order valence-corrected chi connectivity index (χ4v) is 1.98. The van der Waals surface area contributed by atoms with Crippen LogP contribution in [0.1, 0.15) is 18.1 Å². The quantitative estimate of drug-likeness (QED) is 0.492. The zero-order valence-corrected chi connectivity index (χ0v) is 13.4. The first-order valence-corrected chi connectivity index (χ1v) is 7.57. The normalized spacial score (nSPS) is 11.5. The van der Waals surface area contributed by atoms with E-state index in [0.29, 0.717) is 13.2 Å². The van der Waals surface area contributed by atoms with Crippen LogP contribution in [0.5, 0.6) is 11.5 Å². The second-order valence-electron chi connectivity index (χ2n) is 4.95. The van der Waals surface area contributed by atoms with E-state index in [-0.39, 0.29) is 6.29 Å². The van der Waals surface area contributed by atoms with Gasteiger partial charge in [-0.15, -0.1) is 0 Å². The standard InChI is InChI=1S/C20H22O3/c1-4-17-6-10-19(11-7-17)22-15-14-21-16(3)23-20-12-8-18(5-2)9-13-20/h4-13,16H,1-2,14-15H2,3H3. The van der Waals surface area contributed by atoms with E-state index in [1.165, 1.54) is 0 Å². The maximum atomic E-state index is 5.67. The van der Waals surface area contributed by atoms with Gasteiger partial charge < -0.3 is 14.2 Å². The molecule has 2 aromatic rings. The molecule has 0 bridgehead atoms. The van der Waals surface area contributed by atoms with E-state index in [9.17, 15) is 0 Å². The van der Waals surface area contributed by atoms with Crippen molar-refractivity contribution < 1.29 is 14.2 Å². The molecule has 3 heteroatoms. The summed E-state index contributed by atoms with van der Waals surface area (Å²) in [6.07, 6.45) is 3.26. The van der Waals surface area contributed by atoms with Crippen molar-refractivity contribution in [2.45, 2.75) is 13.2 Å². The molecule has 2 rings (SSSR count). The lowest BCUT2D eigenvalue weighted by Gasteiger charge is -2.16. The maximum Gasteiger partial charge on any atom is 0.197 e. The second-order valence-corrected chi connectivity index (χ2v) is 4.95. The van der Waals surface area contributed by atoms with Crippen molar-refractivity contribution in [1.29, 1.82) is 0 Å². The van der Waals surface area contributed by atoms with Gasteiger partial charge in [-0.2, -0.15) is 0 Å². The SMILES string of the molecule is C=Cc1ccc(OCCOC(C)Oc2ccc(C=C)cc2)cc1. The Balaban J connectivity index is 1.68. The van der Waals surface area contributed by atoms with E-state index in [1.54, 1.807) is 12.2 Å². The molecule has 0 spiro atoms. The lowest BCUT2D eigenvalue weighted by molar-refractivity contribution is -0.0739. The molecule has 0 saturated carbocycles. The molecule has 0 heterocycles. The van der Waals surface area contributed by atoms with E-state index in [0.717, 1.165) is 22.6 Å². The van der Waals surface area contributed by atoms with Crippen LogP contribution in [0.25, 0.3) is 12.2 Å². The van der Waals surface area contributed by atoms with Crippen LogP contribution >= 0.6 is 0 Å². The Labute approximate surface area is 137 Å². The van der Waals surface area contributed by atoms with Crippen LogP contribution in [0.3, 0.4) is 0 Å². The van der Waals surface area contributed by atoms with E-state index in [2.05, 4.69) is 13.2 Å². The summed E-state index contributed by atoms with van der Waals surface area (Å²) >= 11 is 0. The van der Waals surface area contributed by atoms with Gasteiger partial charge in [-0.3, -0.25) is 0 Å². The molecule has 0 radical (unpaired) electrons. The molecule has 120 valence electrons. The summed E-state index contributed by atoms with van der Waals surface area (Å²) in [5, 5.41) is 0. The fourth-order valence-electron chi connectivity index (χ4n) is 1.98. The van der Waals surface area contributed by atoms with Gasteiger partial charge >= 0.3 is 0 Å². The summed E-state index contributed by atoms with van der Waals surface area (Å²) in [6.45, 7) is 10.2. The largest absolute Gasteiger partial charge is 0.491 e. The lowest BCUT2D eigenvalue weighted by atomic mass is 10.2. The monoisotopic (exact) mass is 310 g/mol. The molecule has 3 nitrogen and oxygen atoms in total. The maximum absolute atomic E-state index is 5.67. The van der Waals surface area contributed by atoms with Crippen LogP contribution in [-0.2, 0) is 4.74 Å². The second kappa shape index (κ2) is 8.81. The van der Waals surface area contributed by atoms with Gasteiger partial charge in [-0.1, -0.05) is 49.6 Å². The summed E-state index contributed by atoms with van der Waals surface area (Å²) in [5.41, 5.74) is 2.12. The van der Waals surface area contributed by atoms with Crippen molar-refractivity contribution in [3.63, 3.8) is 0 Å². The summed E-state index contributed by atoms with van der Waals surface area (Å²) in [4.78, 5) is 0. The predicted molar refractivity (Wildman–Crippen MR) is 94.6 cm³/mol. The molecule has 23 heavy (non-hydrogen) atoms. The summed E-state index contributed by atoms with van der Waals surface area (Å²) < 4.78 is 16.9. The Bertz CT molecular complexity index is 614. The van der Waals surface area contributed by atoms with Gasteiger partial charge in [0.25, 0.3) is 0 Å². The van der Waals surface area contributed by atoms with Gasteiger partial charge in [-0.05, 0) is 42.3 Å². The van der Waals surface area contributed by atoms with Crippen LogP contribution in [-0.4, -0.2) is 19.5 Å². The van der Waals surface area contributed by atoms with Crippen molar-refractivity contribution in [3.8, 4) is 11.5 Å². The summed E-state index contributed by atoms with van der Waals surface area (Å²) in [6, 6.07) is 15.4. The first-order valence-electron chi connectivity index (χ1n) is 7.57. The molecule has 0 amide bonds. The Morgan fingerprint density at radius 3 is 1.87 bits per heavy atom. The van der Waals surface area contributed by atoms with Crippen molar-refractivity contribution in [1.82, 2.24) is 0 Å².